The molecule has 0 aliphatic heterocycles. The Morgan fingerprint density at radius 1 is 0.907 bits per heavy atom. The number of nitrogens with one attached hydrogen (secondary N) is 2. The third-order valence-electron chi connectivity index (χ3n) is 5.99. The number of hydrogen-bond donors (Lipinski definition) is 2. The first kappa shape index (κ1) is 30.6. The summed E-state index contributed by atoms with van der Waals surface area (Å²) in [5.41, 5.74) is 2.93. The number of carbonyl (C=O) groups excluding carboxylic acids is 3. The van der Waals surface area contributed by atoms with Crippen LogP contribution in [0, 0.1) is 0 Å². The highest BCUT2D eigenvalue weighted by Crippen LogP contribution is 2.21. The summed E-state index contributed by atoms with van der Waals surface area (Å²) in [7, 11) is 0. The molecular weight excluding hydrogens is 554 g/mol. The average molecular weight is 588 g/mol. The first-order valence-corrected chi connectivity index (χ1v) is 13.8. The molecule has 0 bridgehead atoms. The predicted molar refractivity (Wildman–Crippen MR) is 160 cm³/mol. The van der Waals surface area contributed by atoms with Gasteiger partial charge in [0.25, 0.3) is 0 Å². The van der Waals surface area contributed by atoms with Crippen molar-refractivity contribution in [3.05, 3.63) is 78.1 Å². The van der Waals surface area contributed by atoms with E-state index in [4.69, 9.17) is 14.2 Å². The summed E-state index contributed by atoms with van der Waals surface area (Å²) in [6.07, 6.45) is 1.19. The number of rotatable bonds is 13. The maximum Gasteiger partial charge on any atom is 0.433 e. The Morgan fingerprint density at radius 2 is 1.58 bits per heavy atom. The van der Waals surface area contributed by atoms with Gasteiger partial charge < -0.3 is 24.1 Å². The molecule has 43 heavy (non-hydrogen) atoms. The van der Waals surface area contributed by atoms with E-state index in [0.29, 0.717) is 30.7 Å². The quantitative estimate of drug-likeness (QED) is 0.0929. The fraction of sp³-hybridized carbons (Fsp3) is 0.300. The van der Waals surface area contributed by atoms with Gasteiger partial charge in [-0.25, -0.2) is 14.6 Å². The van der Waals surface area contributed by atoms with E-state index in [0.717, 1.165) is 11.1 Å². The molecule has 2 aromatic heterocycles. The Morgan fingerprint density at radius 3 is 2.26 bits per heavy atom. The molecule has 13 nitrogen and oxygen atoms in total. The van der Waals surface area contributed by atoms with Crippen LogP contribution < -0.4 is 10.6 Å². The summed E-state index contributed by atoms with van der Waals surface area (Å²) < 4.78 is 17.1. The molecule has 4 rings (SSSR count). The molecular formula is C30H33N7O6. The number of benzene rings is 2. The van der Waals surface area contributed by atoms with Crippen molar-refractivity contribution in [3.63, 3.8) is 0 Å². The highest BCUT2D eigenvalue weighted by molar-refractivity contribution is 5.94. The Hall–Kier alpha value is -5.33. The number of ether oxygens (including phenoxy) is 3. The van der Waals surface area contributed by atoms with Gasteiger partial charge in [-0.1, -0.05) is 60.7 Å². The van der Waals surface area contributed by atoms with E-state index in [2.05, 4.69) is 30.6 Å². The van der Waals surface area contributed by atoms with Crippen molar-refractivity contribution in [2.45, 2.75) is 46.4 Å². The summed E-state index contributed by atoms with van der Waals surface area (Å²) in [4.78, 5) is 54.0. The van der Waals surface area contributed by atoms with Crippen molar-refractivity contribution < 1.29 is 28.6 Å². The van der Waals surface area contributed by atoms with Crippen LogP contribution in [0.25, 0.3) is 11.2 Å². The molecule has 0 radical (unpaired) electrons. The van der Waals surface area contributed by atoms with Crippen molar-refractivity contribution >= 4 is 46.8 Å². The molecule has 0 atom stereocenters. The fourth-order valence-electron chi connectivity index (χ4n) is 3.94. The van der Waals surface area contributed by atoms with Gasteiger partial charge in [-0.2, -0.15) is 15.0 Å². The van der Waals surface area contributed by atoms with E-state index in [9.17, 15) is 14.4 Å². The van der Waals surface area contributed by atoms with Gasteiger partial charge in [-0.3, -0.25) is 10.1 Å². The highest BCUT2D eigenvalue weighted by Gasteiger charge is 2.18. The Balaban J connectivity index is 1.38. The smallest absolute Gasteiger partial charge is 0.433 e. The first-order valence-electron chi connectivity index (χ1n) is 13.8. The van der Waals surface area contributed by atoms with Crippen LogP contribution >= 0.6 is 0 Å². The molecule has 2 amide bonds. The molecule has 0 aliphatic carbocycles. The normalized spacial score (nSPS) is 11.2. The van der Waals surface area contributed by atoms with Crippen molar-refractivity contribution in [2.24, 2.45) is 4.99 Å². The molecule has 4 aromatic rings. The largest absolute Gasteiger partial charge is 0.465 e. The SMILES string of the molecule is CCOC(=O)Cn1cnc2c(NC(=O)OCc3ccccc3)nc(NCCC/C(C)=N\C(=O)OCc3ccccc3)nc21. The lowest BCUT2D eigenvalue weighted by Crippen LogP contribution is -2.17. The maximum atomic E-state index is 12.6. The van der Waals surface area contributed by atoms with Gasteiger partial charge in [-0.15, -0.1) is 0 Å². The lowest BCUT2D eigenvalue weighted by Gasteiger charge is -2.11. The van der Waals surface area contributed by atoms with Crippen molar-refractivity contribution in [2.75, 3.05) is 23.8 Å². The van der Waals surface area contributed by atoms with Gasteiger partial charge in [0.2, 0.25) is 5.95 Å². The predicted octanol–water partition coefficient (Wildman–Crippen LogP) is 5.13. The number of hydrogen-bond acceptors (Lipinski definition) is 10. The average Bonchev–Trinajstić information content (AvgIpc) is 3.41. The highest BCUT2D eigenvalue weighted by atomic mass is 16.6. The molecule has 0 saturated carbocycles. The van der Waals surface area contributed by atoms with Crippen LogP contribution in [0.2, 0.25) is 0 Å². The van der Waals surface area contributed by atoms with Crippen molar-refractivity contribution in [1.82, 2.24) is 19.5 Å². The monoisotopic (exact) mass is 587 g/mol. The van der Waals surface area contributed by atoms with Crippen LogP contribution in [0.1, 0.15) is 37.8 Å². The van der Waals surface area contributed by atoms with E-state index < -0.39 is 18.2 Å². The molecule has 0 aliphatic rings. The number of aromatic nitrogens is 4. The van der Waals surface area contributed by atoms with E-state index in [1.54, 1.807) is 13.8 Å². The van der Waals surface area contributed by atoms with Gasteiger partial charge in [-0.05, 0) is 37.8 Å². The Labute approximate surface area is 248 Å². The topological polar surface area (TPSA) is 159 Å². The molecule has 2 aromatic carbocycles. The van der Waals surface area contributed by atoms with Crippen molar-refractivity contribution in [1.29, 1.82) is 0 Å². The number of fused-ring (bicyclic) bond motifs is 1. The minimum atomic E-state index is -0.722. The summed E-state index contributed by atoms with van der Waals surface area (Å²) >= 11 is 0. The molecule has 0 unspecified atom stereocenters. The zero-order valence-electron chi connectivity index (χ0n) is 24.0. The maximum absolute atomic E-state index is 12.6. The van der Waals surface area contributed by atoms with Crippen molar-refractivity contribution in [3.8, 4) is 0 Å². The second-order valence-corrected chi connectivity index (χ2v) is 9.35. The van der Waals surface area contributed by atoms with E-state index in [1.165, 1.54) is 10.9 Å². The Bertz CT molecular complexity index is 1560. The van der Waals surface area contributed by atoms with Crippen LogP contribution in [-0.2, 0) is 38.8 Å². The van der Waals surface area contributed by atoms with Crippen LogP contribution in [-0.4, -0.2) is 56.5 Å². The van der Waals surface area contributed by atoms with Crippen LogP contribution in [0.15, 0.2) is 72.0 Å². The summed E-state index contributed by atoms with van der Waals surface area (Å²) in [6, 6.07) is 18.6. The molecule has 2 heterocycles. The number of amides is 2. The second kappa shape index (κ2) is 15.6. The van der Waals surface area contributed by atoms with E-state index in [1.807, 2.05) is 60.7 Å². The van der Waals surface area contributed by atoms with Gasteiger partial charge in [0.1, 0.15) is 19.8 Å². The Kier molecular flexibility index (Phi) is 11.1. The van der Waals surface area contributed by atoms with E-state index >= 15 is 0 Å². The lowest BCUT2D eigenvalue weighted by atomic mass is 10.2. The zero-order chi connectivity index (χ0) is 30.4. The van der Waals surface area contributed by atoms with Gasteiger partial charge in [0, 0.05) is 12.3 Å². The third kappa shape index (κ3) is 9.63. The fourth-order valence-corrected chi connectivity index (χ4v) is 3.94. The molecule has 0 spiro atoms. The first-order chi connectivity index (χ1) is 20.9. The number of aliphatic imine (C=N–C) groups is 1. The van der Waals surface area contributed by atoms with Gasteiger partial charge in [0.15, 0.2) is 17.0 Å². The molecule has 224 valence electrons. The zero-order valence-corrected chi connectivity index (χ0v) is 24.0. The molecule has 0 fully saturated rings. The third-order valence-corrected chi connectivity index (χ3v) is 5.99. The van der Waals surface area contributed by atoms with Crippen LogP contribution in [0.3, 0.4) is 0 Å². The second-order valence-electron chi connectivity index (χ2n) is 9.35. The van der Waals surface area contributed by atoms with Gasteiger partial charge >= 0.3 is 18.2 Å². The number of carbonyl (C=O) groups is 3. The number of imidazole rings is 1. The van der Waals surface area contributed by atoms with Crippen LogP contribution in [0.4, 0.5) is 21.4 Å². The van der Waals surface area contributed by atoms with Crippen LogP contribution in [0.5, 0.6) is 0 Å². The summed E-state index contributed by atoms with van der Waals surface area (Å²) in [6.45, 7) is 4.25. The number of anilines is 2. The minimum absolute atomic E-state index is 0.0734. The molecule has 0 saturated heterocycles. The number of nitrogens with zero attached hydrogens (tertiary/aromatic N) is 5. The minimum Gasteiger partial charge on any atom is -0.465 e. The lowest BCUT2D eigenvalue weighted by molar-refractivity contribution is -0.143. The van der Waals surface area contributed by atoms with E-state index in [-0.39, 0.29) is 43.6 Å². The standard InChI is InChI=1S/C30H33N7O6/c1-3-41-24(38)17-37-20-32-25-26(35-30(40)43-19-23-14-8-5-9-15-23)34-28(36-27(25)37)31-16-10-11-21(2)33-29(39)42-18-22-12-6-4-7-13-22/h4-9,12-15,20H,3,10-11,16-19H2,1-2H3,(H2,31,34,35,36,40)/b33-21-. The molecule has 2 N–H and O–H groups in total. The number of esters is 1. The summed E-state index contributed by atoms with van der Waals surface area (Å²) in [5.74, 6) is -0.135. The molecule has 13 heteroatoms. The summed E-state index contributed by atoms with van der Waals surface area (Å²) in [5, 5.41) is 5.74. The van der Waals surface area contributed by atoms with Gasteiger partial charge in [0.05, 0.1) is 12.9 Å².